The molecule has 0 radical (unpaired) electrons. The maximum absolute atomic E-state index is 12.1. The standard InChI is InChI=1S/C12H14F3NO2S/c1-18-8-2-7-16-11(17)9-3-5-10(6-4-9)19-12(13,14)15/h3-6H,2,7-8H2,1H3,(H,16,17). The number of benzene rings is 1. The Morgan fingerprint density at radius 1 is 1.32 bits per heavy atom. The van der Waals surface area contributed by atoms with Crippen LogP contribution in [0, 0.1) is 0 Å². The Labute approximate surface area is 113 Å². The van der Waals surface area contributed by atoms with Crippen molar-refractivity contribution in [1.29, 1.82) is 0 Å². The Balaban J connectivity index is 2.49. The molecule has 0 unspecified atom stereocenters. The summed E-state index contributed by atoms with van der Waals surface area (Å²) in [5.41, 5.74) is -3.98. The first kappa shape index (κ1) is 15.8. The van der Waals surface area contributed by atoms with Gasteiger partial charge < -0.3 is 10.1 Å². The van der Waals surface area contributed by atoms with Crippen molar-refractivity contribution < 1.29 is 22.7 Å². The topological polar surface area (TPSA) is 38.3 Å². The minimum absolute atomic E-state index is 0.0587. The summed E-state index contributed by atoms with van der Waals surface area (Å²) in [6.45, 7) is 1.01. The van der Waals surface area contributed by atoms with Crippen LogP contribution in [-0.4, -0.2) is 31.7 Å². The van der Waals surface area contributed by atoms with Crippen LogP contribution in [0.15, 0.2) is 29.2 Å². The molecule has 0 aliphatic carbocycles. The van der Waals surface area contributed by atoms with E-state index in [1.165, 1.54) is 24.3 Å². The summed E-state index contributed by atoms with van der Waals surface area (Å²) < 4.78 is 41.2. The number of hydrogen-bond donors (Lipinski definition) is 1. The fraction of sp³-hybridized carbons (Fsp3) is 0.417. The molecule has 0 saturated heterocycles. The fourth-order valence-corrected chi connectivity index (χ4v) is 1.87. The second-order valence-electron chi connectivity index (χ2n) is 3.67. The monoisotopic (exact) mass is 293 g/mol. The molecule has 0 spiro atoms. The highest BCUT2D eigenvalue weighted by Gasteiger charge is 2.29. The average Bonchev–Trinajstić information content (AvgIpc) is 2.33. The molecule has 0 heterocycles. The van der Waals surface area contributed by atoms with Crippen molar-refractivity contribution >= 4 is 17.7 Å². The smallest absolute Gasteiger partial charge is 0.385 e. The quantitative estimate of drug-likeness (QED) is 0.647. The Bertz CT molecular complexity index is 406. The normalized spacial score (nSPS) is 11.4. The number of rotatable bonds is 6. The van der Waals surface area contributed by atoms with E-state index in [4.69, 9.17) is 4.74 Å². The number of ether oxygens (including phenoxy) is 1. The maximum Gasteiger partial charge on any atom is 0.446 e. The first-order valence-corrected chi connectivity index (χ1v) is 6.37. The Morgan fingerprint density at radius 3 is 2.47 bits per heavy atom. The van der Waals surface area contributed by atoms with Crippen LogP contribution in [0.4, 0.5) is 13.2 Å². The second-order valence-corrected chi connectivity index (χ2v) is 4.81. The van der Waals surface area contributed by atoms with Crippen LogP contribution in [0.25, 0.3) is 0 Å². The van der Waals surface area contributed by atoms with Crippen molar-refractivity contribution in [1.82, 2.24) is 5.32 Å². The van der Waals surface area contributed by atoms with E-state index in [1.54, 1.807) is 7.11 Å². The summed E-state index contributed by atoms with van der Waals surface area (Å²) >= 11 is -0.203. The van der Waals surface area contributed by atoms with Crippen molar-refractivity contribution in [3.05, 3.63) is 29.8 Å². The van der Waals surface area contributed by atoms with Crippen molar-refractivity contribution in [2.24, 2.45) is 0 Å². The second kappa shape index (κ2) is 7.40. The van der Waals surface area contributed by atoms with Crippen LogP contribution in [0.2, 0.25) is 0 Å². The molecule has 7 heteroatoms. The predicted octanol–water partition coefficient (Wildman–Crippen LogP) is 3.06. The lowest BCUT2D eigenvalue weighted by atomic mass is 10.2. The largest absolute Gasteiger partial charge is 0.446 e. The summed E-state index contributed by atoms with van der Waals surface area (Å²) in [6.07, 6.45) is 0.685. The van der Waals surface area contributed by atoms with E-state index < -0.39 is 5.51 Å². The van der Waals surface area contributed by atoms with Crippen LogP contribution in [0.5, 0.6) is 0 Å². The van der Waals surface area contributed by atoms with Gasteiger partial charge in [0.15, 0.2) is 0 Å². The van der Waals surface area contributed by atoms with Crippen molar-refractivity contribution in [3.63, 3.8) is 0 Å². The maximum atomic E-state index is 12.1. The Hall–Kier alpha value is -1.21. The molecule has 1 aromatic rings. The molecule has 0 saturated carbocycles. The lowest BCUT2D eigenvalue weighted by molar-refractivity contribution is -0.0328. The summed E-state index contributed by atoms with van der Waals surface area (Å²) in [5.74, 6) is -0.306. The van der Waals surface area contributed by atoms with E-state index >= 15 is 0 Å². The van der Waals surface area contributed by atoms with Crippen molar-refractivity contribution in [3.8, 4) is 0 Å². The van der Waals surface area contributed by atoms with Gasteiger partial charge in [-0.2, -0.15) is 13.2 Å². The van der Waals surface area contributed by atoms with Gasteiger partial charge in [-0.25, -0.2) is 0 Å². The van der Waals surface area contributed by atoms with E-state index in [9.17, 15) is 18.0 Å². The van der Waals surface area contributed by atoms with Crippen LogP contribution in [-0.2, 0) is 4.74 Å². The highest BCUT2D eigenvalue weighted by atomic mass is 32.2. The van der Waals surface area contributed by atoms with E-state index in [-0.39, 0.29) is 22.6 Å². The molecule has 0 aliphatic heterocycles. The minimum atomic E-state index is -4.32. The lowest BCUT2D eigenvalue weighted by Crippen LogP contribution is -2.25. The highest BCUT2D eigenvalue weighted by Crippen LogP contribution is 2.36. The van der Waals surface area contributed by atoms with E-state index in [1.807, 2.05) is 0 Å². The van der Waals surface area contributed by atoms with Crippen LogP contribution in [0.1, 0.15) is 16.8 Å². The molecule has 3 nitrogen and oxygen atoms in total. The SMILES string of the molecule is COCCCNC(=O)c1ccc(SC(F)(F)F)cc1. The summed E-state index contributed by atoms with van der Waals surface area (Å²) in [5, 5.41) is 2.65. The molecule has 1 N–H and O–H groups in total. The summed E-state index contributed by atoms with van der Waals surface area (Å²) in [6, 6.07) is 5.31. The number of methoxy groups -OCH3 is 1. The molecular formula is C12H14F3NO2S. The molecule has 1 rings (SSSR count). The molecule has 1 aromatic carbocycles. The zero-order chi connectivity index (χ0) is 14.3. The third-order valence-electron chi connectivity index (χ3n) is 2.16. The van der Waals surface area contributed by atoms with Gasteiger partial charge in [0.1, 0.15) is 0 Å². The number of nitrogens with one attached hydrogen (secondary N) is 1. The minimum Gasteiger partial charge on any atom is -0.385 e. The number of thioether (sulfide) groups is 1. The molecule has 19 heavy (non-hydrogen) atoms. The lowest BCUT2D eigenvalue weighted by Gasteiger charge is -2.07. The Kier molecular flexibility index (Phi) is 6.17. The molecule has 0 atom stereocenters. The zero-order valence-electron chi connectivity index (χ0n) is 10.3. The molecule has 0 aromatic heterocycles. The molecule has 0 aliphatic rings. The fourth-order valence-electron chi connectivity index (χ4n) is 1.33. The first-order chi connectivity index (χ1) is 8.92. The van der Waals surface area contributed by atoms with Gasteiger partial charge in [0.2, 0.25) is 0 Å². The van der Waals surface area contributed by atoms with Gasteiger partial charge >= 0.3 is 5.51 Å². The Morgan fingerprint density at radius 2 is 1.95 bits per heavy atom. The van der Waals surface area contributed by atoms with Gasteiger partial charge in [-0.3, -0.25) is 4.79 Å². The van der Waals surface area contributed by atoms with Gasteiger partial charge in [0.25, 0.3) is 5.91 Å². The van der Waals surface area contributed by atoms with E-state index in [2.05, 4.69) is 5.32 Å². The van der Waals surface area contributed by atoms with Gasteiger partial charge in [-0.05, 0) is 42.4 Å². The number of carbonyl (C=O) groups excluding carboxylic acids is 1. The first-order valence-electron chi connectivity index (χ1n) is 5.55. The molecular weight excluding hydrogens is 279 g/mol. The highest BCUT2D eigenvalue weighted by molar-refractivity contribution is 8.00. The van der Waals surface area contributed by atoms with Crippen LogP contribution in [0.3, 0.4) is 0 Å². The molecule has 0 fully saturated rings. The number of carbonyl (C=O) groups is 1. The molecule has 1 amide bonds. The number of halogens is 3. The van der Waals surface area contributed by atoms with Gasteiger partial charge in [0, 0.05) is 30.7 Å². The van der Waals surface area contributed by atoms with Crippen molar-refractivity contribution in [2.45, 2.75) is 16.8 Å². The van der Waals surface area contributed by atoms with Gasteiger partial charge in [-0.15, -0.1) is 0 Å². The predicted molar refractivity (Wildman–Crippen MR) is 67.2 cm³/mol. The molecule has 106 valence electrons. The average molecular weight is 293 g/mol. The summed E-state index contributed by atoms with van der Waals surface area (Å²) in [7, 11) is 1.57. The van der Waals surface area contributed by atoms with Crippen LogP contribution < -0.4 is 5.32 Å². The third kappa shape index (κ3) is 6.49. The number of amides is 1. The van der Waals surface area contributed by atoms with E-state index in [0.717, 1.165) is 0 Å². The van der Waals surface area contributed by atoms with E-state index in [0.29, 0.717) is 25.1 Å². The zero-order valence-corrected chi connectivity index (χ0v) is 11.1. The molecule has 0 bridgehead atoms. The van der Waals surface area contributed by atoms with Crippen molar-refractivity contribution in [2.75, 3.05) is 20.3 Å². The third-order valence-corrected chi connectivity index (χ3v) is 2.90. The number of hydrogen-bond acceptors (Lipinski definition) is 3. The van der Waals surface area contributed by atoms with Gasteiger partial charge in [-0.1, -0.05) is 0 Å². The van der Waals surface area contributed by atoms with Gasteiger partial charge in [0.05, 0.1) is 0 Å². The number of alkyl halides is 3. The van der Waals surface area contributed by atoms with Crippen LogP contribution >= 0.6 is 11.8 Å². The summed E-state index contributed by atoms with van der Waals surface area (Å²) in [4.78, 5) is 11.7.